The lowest BCUT2D eigenvalue weighted by Gasteiger charge is -2.24. The highest BCUT2D eigenvalue weighted by atomic mass is 32.2. The summed E-state index contributed by atoms with van der Waals surface area (Å²) in [6, 6.07) is 8.18. The SMILES string of the molecule is C=C(C#N)CC(NC(=O)CCC(=C)Sc1cc(CC)ccc1N)C1CCCC1. The lowest BCUT2D eigenvalue weighted by Crippen LogP contribution is -2.39. The lowest BCUT2D eigenvalue weighted by atomic mass is 9.92. The molecule has 4 nitrogen and oxygen atoms in total. The maximum absolute atomic E-state index is 12.5. The molecule has 1 unspecified atom stereocenters. The maximum Gasteiger partial charge on any atom is 0.220 e. The number of nitrogens with one attached hydrogen (secondary N) is 1. The van der Waals surface area contributed by atoms with Gasteiger partial charge in [-0.25, -0.2) is 0 Å². The van der Waals surface area contributed by atoms with Crippen molar-refractivity contribution in [1.82, 2.24) is 5.32 Å². The first-order valence-electron chi connectivity index (χ1n) is 10.0. The summed E-state index contributed by atoms with van der Waals surface area (Å²) in [5.41, 5.74) is 8.57. The van der Waals surface area contributed by atoms with Crippen molar-refractivity contribution in [3.8, 4) is 6.07 Å². The van der Waals surface area contributed by atoms with Gasteiger partial charge in [-0.15, -0.1) is 0 Å². The Bertz CT molecular complexity index is 760. The number of nitrogen functional groups attached to an aromatic ring is 1. The molecule has 0 radical (unpaired) electrons. The van der Waals surface area contributed by atoms with Crippen molar-refractivity contribution in [3.63, 3.8) is 0 Å². The summed E-state index contributed by atoms with van der Waals surface area (Å²) in [6.45, 7) is 10.0. The number of nitrogens with zero attached hydrogens (tertiary/aromatic N) is 1. The minimum atomic E-state index is 0.0136. The molecule has 1 fully saturated rings. The number of anilines is 1. The van der Waals surface area contributed by atoms with E-state index in [1.54, 1.807) is 11.8 Å². The zero-order valence-corrected chi connectivity index (χ0v) is 17.6. The lowest BCUT2D eigenvalue weighted by molar-refractivity contribution is -0.122. The summed E-state index contributed by atoms with van der Waals surface area (Å²) >= 11 is 1.54. The van der Waals surface area contributed by atoms with E-state index in [0.717, 1.165) is 34.8 Å². The number of amides is 1. The van der Waals surface area contributed by atoms with Crippen molar-refractivity contribution in [2.75, 3.05) is 5.73 Å². The van der Waals surface area contributed by atoms with Gasteiger partial charge in [-0.2, -0.15) is 5.26 Å². The number of nitrogens with two attached hydrogens (primary N) is 1. The second kappa shape index (κ2) is 11.0. The predicted molar refractivity (Wildman–Crippen MR) is 118 cm³/mol. The van der Waals surface area contributed by atoms with Crippen LogP contribution in [-0.2, 0) is 11.2 Å². The molecular formula is C23H31N3OS. The van der Waals surface area contributed by atoms with Crippen LogP contribution in [-0.4, -0.2) is 11.9 Å². The van der Waals surface area contributed by atoms with Gasteiger partial charge in [-0.1, -0.05) is 50.8 Å². The Morgan fingerprint density at radius 2 is 2.07 bits per heavy atom. The number of benzene rings is 1. The van der Waals surface area contributed by atoms with E-state index < -0.39 is 0 Å². The fourth-order valence-corrected chi connectivity index (χ4v) is 4.54. The molecule has 1 amide bonds. The number of hydrogen-bond donors (Lipinski definition) is 2. The van der Waals surface area contributed by atoms with Gasteiger partial charge in [0.2, 0.25) is 5.91 Å². The highest BCUT2D eigenvalue weighted by Crippen LogP contribution is 2.34. The van der Waals surface area contributed by atoms with Crippen LogP contribution >= 0.6 is 11.8 Å². The molecule has 0 aromatic heterocycles. The van der Waals surface area contributed by atoms with Gasteiger partial charge in [0.1, 0.15) is 0 Å². The van der Waals surface area contributed by atoms with Crippen LogP contribution in [0.1, 0.15) is 57.4 Å². The van der Waals surface area contributed by atoms with Crippen LogP contribution in [0.15, 0.2) is 46.7 Å². The normalized spacial score (nSPS) is 15.0. The highest BCUT2D eigenvalue weighted by Gasteiger charge is 2.26. The number of carbonyl (C=O) groups is 1. The Labute approximate surface area is 173 Å². The molecule has 0 aliphatic heterocycles. The fourth-order valence-electron chi connectivity index (χ4n) is 3.63. The summed E-state index contributed by atoms with van der Waals surface area (Å²) in [6.07, 6.45) is 7.11. The Kier molecular flexibility index (Phi) is 8.66. The third kappa shape index (κ3) is 6.76. The Morgan fingerprint density at radius 1 is 1.36 bits per heavy atom. The smallest absolute Gasteiger partial charge is 0.220 e. The van der Waals surface area contributed by atoms with E-state index in [0.29, 0.717) is 30.8 Å². The summed E-state index contributed by atoms with van der Waals surface area (Å²) in [5, 5.41) is 12.2. The van der Waals surface area contributed by atoms with Crippen LogP contribution in [0, 0.1) is 17.2 Å². The first-order valence-corrected chi connectivity index (χ1v) is 10.9. The first kappa shape index (κ1) is 22.1. The van der Waals surface area contributed by atoms with E-state index in [1.807, 2.05) is 12.1 Å². The van der Waals surface area contributed by atoms with Gasteiger partial charge < -0.3 is 11.1 Å². The Morgan fingerprint density at radius 3 is 2.71 bits per heavy atom. The molecule has 1 aromatic carbocycles. The van der Waals surface area contributed by atoms with Crippen LogP contribution in [0.25, 0.3) is 0 Å². The van der Waals surface area contributed by atoms with E-state index in [9.17, 15) is 4.79 Å². The van der Waals surface area contributed by atoms with Crippen LogP contribution in [0.3, 0.4) is 0 Å². The van der Waals surface area contributed by atoms with E-state index in [4.69, 9.17) is 11.0 Å². The standard InChI is InChI=1S/C23H31N3OS/c1-4-18-10-11-20(25)22(14-18)28-17(3)9-12-23(27)26-21(13-16(2)15-24)19-7-5-6-8-19/h10-11,14,19,21H,2-9,12-13,25H2,1H3,(H,26,27). The number of thioether (sulfide) groups is 1. The fraction of sp³-hybridized carbons (Fsp3) is 0.478. The molecule has 5 heteroatoms. The molecule has 150 valence electrons. The quantitative estimate of drug-likeness (QED) is 0.316. The van der Waals surface area contributed by atoms with Gasteiger partial charge in [-0.05, 0) is 54.2 Å². The molecular weight excluding hydrogens is 366 g/mol. The maximum atomic E-state index is 12.5. The van der Waals surface area contributed by atoms with Gasteiger partial charge >= 0.3 is 0 Å². The average Bonchev–Trinajstić information content (AvgIpc) is 3.22. The third-order valence-electron chi connectivity index (χ3n) is 5.31. The third-order valence-corrected chi connectivity index (χ3v) is 6.38. The topological polar surface area (TPSA) is 78.9 Å². The largest absolute Gasteiger partial charge is 0.398 e. The van der Waals surface area contributed by atoms with Crippen molar-refractivity contribution in [3.05, 3.63) is 47.4 Å². The van der Waals surface area contributed by atoms with Gasteiger partial charge in [-0.3, -0.25) is 4.79 Å². The van der Waals surface area contributed by atoms with E-state index in [-0.39, 0.29) is 11.9 Å². The molecule has 2 rings (SSSR count). The zero-order valence-electron chi connectivity index (χ0n) is 16.8. The molecule has 28 heavy (non-hydrogen) atoms. The van der Waals surface area contributed by atoms with Crippen molar-refractivity contribution in [2.45, 2.75) is 69.2 Å². The van der Waals surface area contributed by atoms with E-state index >= 15 is 0 Å². The van der Waals surface area contributed by atoms with Crippen molar-refractivity contribution < 1.29 is 4.79 Å². The highest BCUT2D eigenvalue weighted by molar-refractivity contribution is 8.03. The summed E-state index contributed by atoms with van der Waals surface area (Å²) < 4.78 is 0. The van der Waals surface area contributed by atoms with Crippen LogP contribution in [0.2, 0.25) is 0 Å². The van der Waals surface area contributed by atoms with Gasteiger partial charge in [0.05, 0.1) is 6.07 Å². The predicted octanol–water partition coefficient (Wildman–Crippen LogP) is 5.36. The second-order valence-electron chi connectivity index (χ2n) is 7.50. The van der Waals surface area contributed by atoms with Gasteiger partial charge in [0, 0.05) is 35.0 Å². The van der Waals surface area contributed by atoms with E-state index in [2.05, 4.69) is 37.5 Å². The van der Waals surface area contributed by atoms with Gasteiger partial charge in [0.15, 0.2) is 0 Å². The zero-order chi connectivity index (χ0) is 20.5. The summed E-state index contributed by atoms with van der Waals surface area (Å²) in [5.74, 6) is 0.461. The van der Waals surface area contributed by atoms with Crippen molar-refractivity contribution in [1.29, 1.82) is 5.26 Å². The first-order chi connectivity index (χ1) is 13.4. The number of nitriles is 1. The van der Waals surface area contributed by atoms with E-state index in [1.165, 1.54) is 18.4 Å². The Balaban J connectivity index is 1.86. The summed E-state index contributed by atoms with van der Waals surface area (Å²) in [4.78, 5) is 14.4. The minimum Gasteiger partial charge on any atom is -0.398 e. The molecule has 1 saturated carbocycles. The number of hydrogen-bond acceptors (Lipinski definition) is 4. The number of aryl methyl sites for hydroxylation is 1. The molecule has 0 heterocycles. The van der Waals surface area contributed by atoms with Crippen LogP contribution in [0.5, 0.6) is 0 Å². The van der Waals surface area contributed by atoms with Crippen molar-refractivity contribution >= 4 is 23.4 Å². The molecule has 1 aliphatic rings. The van der Waals surface area contributed by atoms with Crippen LogP contribution in [0.4, 0.5) is 5.69 Å². The average molecular weight is 398 g/mol. The number of carbonyl (C=O) groups excluding carboxylic acids is 1. The molecule has 1 aliphatic carbocycles. The van der Waals surface area contributed by atoms with Gasteiger partial charge in [0.25, 0.3) is 0 Å². The molecule has 0 spiro atoms. The Hall–Kier alpha value is -2.19. The van der Waals surface area contributed by atoms with Crippen LogP contribution < -0.4 is 11.1 Å². The molecule has 1 aromatic rings. The number of rotatable bonds is 10. The molecule has 0 bridgehead atoms. The minimum absolute atomic E-state index is 0.0136. The molecule has 3 N–H and O–H groups in total. The second-order valence-corrected chi connectivity index (χ2v) is 8.73. The molecule has 1 atom stereocenters. The van der Waals surface area contributed by atoms with Crippen molar-refractivity contribution in [2.24, 2.45) is 5.92 Å². The monoisotopic (exact) mass is 397 g/mol. The molecule has 0 saturated heterocycles. The number of allylic oxidation sites excluding steroid dienone is 1. The summed E-state index contributed by atoms with van der Waals surface area (Å²) in [7, 11) is 0.